The summed E-state index contributed by atoms with van der Waals surface area (Å²) in [6.45, 7) is 2.62. The van der Waals surface area contributed by atoms with Gasteiger partial charge < -0.3 is 4.90 Å². The van der Waals surface area contributed by atoms with E-state index in [9.17, 15) is 4.79 Å². The summed E-state index contributed by atoms with van der Waals surface area (Å²) in [7, 11) is 0. The summed E-state index contributed by atoms with van der Waals surface area (Å²) in [5, 5.41) is 0. The highest BCUT2D eigenvalue weighted by atomic mass is 79.9. The van der Waals surface area contributed by atoms with Crippen LogP contribution in [-0.2, 0) is 0 Å². The van der Waals surface area contributed by atoms with Gasteiger partial charge in [0.1, 0.15) is 0 Å². The van der Waals surface area contributed by atoms with Crippen molar-refractivity contribution >= 4 is 54.8 Å². The Hall–Kier alpha value is -0.650. The van der Waals surface area contributed by atoms with Gasteiger partial charge in [-0.1, -0.05) is 18.2 Å². The number of carbonyl (C=O) groups excluding carboxylic acids is 1. The van der Waals surface area contributed by atoms with Crippen molar-refractivity contribution in [2.75, 3.05) is 11.4 Å². The van der Waals surface area contributed by atoms with Crippen LogP contribution in [0.2, 0.25) is 0 Å². The Kier molecular flexibility index (Phi) is 4.59. The minimum Gasteiger partial charge on any atom is -0.308 e. The first-order valence-electron chi connectivity index (χ1n) is 5.45. The van der Waals surface area contributed by atoms with Crippen LogP contribution >= 0.6 is 43.2 Å². The van der Waals surface area contributed by atoms with Crippen LogP contribution in [0.3, 0.4) is 0 Å². The predicted molar refractivity (Wildman–Crippen MR) is 83.5 cm³/mol. The Bertz CT molecular complexity index is 534. The van der Waals surface area contributed by atoms with Crippen molar-refractivity contribution in [2.45, 2.75) is 6.92 Å². The molecule has 5 heteroatoms. The average molecular weight is 389 g/mol. The molecule has 2 rings (SSSR count). The zero-order chi connectivity index (χ0) is 13.1. The molecule has 1 aromatic carbocycles. The number of carbonyl (C=O) groups is 1. The number of benzene rings is 1. The molecule has 0 atom stereocenters. The lowest BCUT2D eigenvalue weighted by atomic mass is 10.2. The highest BCUT2D eigenvalue weighted by molar-refractivity contribution is 9.13. The molecule has 2 nitrogen and oxygen atoms in total. The zero-order valence-corrected chi connectivity index (χ0v) is 13.7. The van der Waals surface area contributed by atoms with E-state index in [0.717, 1.165) is 18.8 Å². The molecule has 18 heavy (non-hydrogen) atoms. The number of rotatable bonds is 3. The topological polar surface area (TPSA) is 20.3 Å². The van der Waals surface area contributed by atoms with Crippen molar-refractivity contribution in [2.24, 2.45) is 0 Å². The van der Waals surface area contributed by atoms with E-state index < -0.39 is 0 Å². The molecule has 1 aromatic heterocycles. The molecule has 1 amide bonds. The fourth-order valence-electron chi connectivity index (χ4n) is 1.64. The van der Waals surface area contributed by atoms with Gasteiger partial charge in [-0.25, -0.2) is 0 Å². The summed E-state index contributed by atoms with van der Waals surface area (Å²) in [6, 6.07) is 11.6. The summed E-state index contributed by atoms with van der Waals surface area (Å²) in [5.74, 6) is 0.0279. The minimum atomic E-state index is 0.0279. The van der Waals surface area contributed by atoms with Crippen LogP contribution in [0.4, 0.5) is 5.69 Å². The summed E-state index contributed by atoms with van der Waals surface area (Å²) in [6.07, 6.45) is 0. The van der Waals surface area contributed by atoms with Gasteiger partial charge in [0.25, 0.3) is 5.91 Å². The molecular weight excluding hydrogens is 378 g/mol. The van der Waals surface area contributed by atoms with E-state index in [1.165, 1.54) is 11.3 Å². The second kappa shape index (κ2) is 5.99. The molecule has 0 aliphatic rings. The summed E-state index contributed by atoms with van der Waals surface area (Å²) in [5.41, 5.74) is 0.922. The molecule has 94 valence electrons. The standard InChI is InChI=1S/C13H11Br2NOS/c1-2-16(9-6-4-3-5-7-9)13(17)11-8-10(14)12(15)18-11/h3-8H,2H2,1H3. The first-order chi connectivity index (χ1) is 8.63. The molecule has 0 spiro atoms. The van der Waals surface area contributed by atoms with Crippen molar-refractivity contribution < 1.29 is 4.79 Å². The van der Waals surface area contributed by atoms with Gasteiger partial charge in [0.05, 0.1) is 8.66 Å². The van der Waals surface area contributed by atoms with E-state index in [0.29, 0.717) is 6.54 Å². The normalized spacial score (nSPS) is 10.4. The van der Waals surface area contributed by atoms with Crippen LogP contribution in [0.5, 0.6) is 0 Å². The third-order valence-electron chi connectivity index (χ3n) is 2.49. The van der Waals surface area contributed by atoms with Crippen LogP contribution in [0.25, 0.3) is 0 Å². The number of hydrogen-bond donors (Lipinski definition) is 0. The monoisotopic (exact) mass is 387 g/mol. The number of halogens is 2. The number of nitrogens with zero attached hydrogens (tertiary/aromatic N) is 1. The van der Waals surface area contributed by atoms with Gasteiger partial charge in [0.15, 0.2) is 0 Å². The molecule has 0 aliphatic heterocycles. The molecule has 0 N–H and O–H groups in total. The largest absolute Gasteiger partial charge is 0.308 e. The Morgan fingerprint density at radius 2 is 1.94 bits per heavy atom. The molecule has 0 radical (unpaired) electrons. The van der Waals surface area contributed by atoms with Gasteiger partial charge in [-0.2, -0.15) is 0 Å². The van der Waals surface area contributed by atoms with Crippen LogP contribution in [0.15, 0.2) is 44.7 Å². The van der Waals surface area contributed by atoms with Gasteiger partial charge in [0, 0.05) is 16.7 Å². The molecule has 2 aromatic rings. The third kappa shape index (κ3) is 2.84. The number of amides is 1. The molecule has 0 aliphatic carbocycles. The van der Waals surface area contributed by atoms with Gasteiger partial charge in [-0.15, -0.1) is 11.3 Å². The first-order valence-corrected chi connectivity index (χ1v) is 7.85. The SMILES string of the molecule is CCN(C(=O)c1cc(Br)c(Br)s1)c1ccccc1. The molecule has 1 heterocycles. The summed E-state index contributed by atoms with van der Waals surface area (Å²) < 4.78 is 1.86. The highest BCUT2D eigenvalue weighted by Gasteiger charge is 2.19. The smallest absolute Gasteiger partial charge is 0.268 e. The fraction of sp³-hybridized carbons (Fsp3) is 0.154. The van der Waals surface area contributed by atoms with Gasteiger partial charge in [-0.05, 0) is 57.0 Å². The van der Waals surface area contributed by atoms with Crippen LogP contribution < -0.4 is 4.90 Å². The number of anilines is 1. The third-order valence-corrected chi connectivity index (χ3v) is 5.73. The van der Waals surface area contributed by atoms with E-state index in [1.54, 1.807) is 4.90 Å². The van der Waals surface area contributed by atoms with Gasteiger partial charge in [0.2, 0.25) is 0 Å². The molecular formula is C13H11Br2NOS. The quantitative estimate of drug-likeness (QED) is 0.729. The van der Waals surface area contributed by atoms with Crippen LogP contribution in [-0.4, -0.2) is 12.5 Å². The maximum absolute atomic E-state index is 12.4. The van der Waals surface area contributed by atoms with Crippen molar-refractivity contribution in [3.63, 3.8) is 0 Å². The second-order valence-corrected chi connectivity index (χ2v) is 6.84. The van der Waals surface area contributed by atoms with E-state index >= 15 is 0 Å². The van der Waals surface area contributed by atoms with E-state index in [1.807, 2.05) is 43.3 Å². The Morgan fingerprint density at radius 1 is 1.28 bits per heavy atom. The summed E-state index contributed by atoms with van der Waals surface area (Å²) in [4.78, 5) is 14.9. The molecule has 0 saturated carbocycles. The van der Waals surface area contributed by atoms with E-state index in [2.05, 4.69) is 31.9 Å². The van der Waals surface area contributed by atoms with Crippen LogP contribution in [0.1, 0.15) is 16.6 Å². The Morgan fingerprint density at radius 3 is 2.44 bits per heavy atom. The van der Waals surface area contributed by atoms with E-state index in [4.69, 9.17) is 0 Å². The van der Waals surface area contributed by atoms with Crippen molar-refractivity contribution in [3.05, 3.63) is 49.5 Å². The molecule has 0 saturated heterocycles. The fourth-order valence-corrected chi connectivity index (χ4v) is 3.62. The van der Waals surface area contributed by atoms with Gasteiger partial charge in [-0.3, -0.25) is 4.79 Å². The maximum Gasteiger partial charge on any atom is 0.268 e. The predicted octanol–water partition coefficient (Wildman–Crippen LogP) is 4.94. The highest BCUT2D eigenvalue weighted by Crippen LogP contribution is 2.33. The van der Waals surface area contributed by atoms with E-state index in [-0.39, 0.29) is 5.91 Å². The number of thiophene rings is 1. The molecule has 0 bridgehead atoms. The lowest BCUT2D eigenvalue weighted by Gasteiger charge is -2.20. The molecule has 0 unspecified atom stereocenters. The lowest BCUT2D eigenvalue weighted by molar-refractivity contribution is 0.0992. The second-order valence-electron chi connectivity index (χ2n) is 3.62. The zero-order valence-electron chi connectivity index (χ0n) is 9.69. The van der Waals surface area contributed by atoms with Gasteiger partial charge >= 0.3 is 0 Å². The Labute approximate surface area is 127 Å². The van der Waals surface area contributed by atoms with Crippen molar-refractivity contribution in [1.29, 1.82) is 0 Å². The first kappa shape index (κ1) is 13.8. The minimum absolute atomic E-state index is 0.0279. The Balaban J connectivity index is 2.31. The van der Waals surface area contributed by atoms with Crippen LogP contribution in [0, 0.1) is 0 Å². The maximum atomic E-state index is 12.4. The lowest BCUT2D eigenvalue weighted by Crippen LogP contribution is -2.29. The number of para-hydroxylation sites is 1. The number of hydrogen-bond acceptors (Lipinski definition) is 2. The van der Waals surface area contributed by atoms with Crippen molar-refractivity contribution in [3.8, 4) is 0 Å². The average Bonchev–Trinajstić information content (AvgIpc) is 2.72. The summed E-state index contributed by atoms with van der Waals surface area (Å²) >= 11 is 8.26. The van der Waals surface area contributed by atoms with Crippen molar-refractivity contribution in [1.82, 2.24) is 0 Å². The molecule has 0 fully saturated rings.